The Balaban J connectivity index is 2.34. The van der Waals surface area contributed by atoms with Gasteiger partial charge in [-0.3, -0.25) is 4.79 Å². The lowest BCUT2D eigenvalue weighted by Crippen LogP contribution is -2.26. The van der Waals surface area contributed by atoms with Gasteiger partial charge in [-0.2, -0.15) is 5.26 Å². The number of aryl methyl sites for hydroxylation is 1. The highest BCUT2D eigenvalue weighted by Crippen LogP contribution is 2.38. The third kappa shape index (κ3) is 2.08. The number of benzene rings is 1. The largest absolute Gasteiger partial charge is 0.298 e. The van der Waals surface area contributed by atoms with Crippen LogP contribution in [0.5, 0.6) is 0 Å². The molecule has 0 amide bonds. The van der Waals surface area contributed by atoms with Gasteiger partial charge in [-0.05, 0) is 49.4 Å². The summed E-state index contributed by atoms with van der Waals surface area (Å²) in [6.45, 7) is 1.87. The summed E-state index contributed by atoms with van der Waals surface area (Å²) in [6.07, 6.45) is 2.17. The van der Waals surface area contributed by atoms with Gasteiger partial charge in [-0.15, -0.1) is 0 Å². The normalized spacial score (nSPS) is 23.7. The van der Waals surface area contributed by atoms with Crippen molar-refractivity contribution < 1.29 is 9.18 Å². The average molecular weight is 231 g/mol. The van der Waals surface area contributed by atoms with Crippen LogP contribution < -0.4 is 0 Å². The number of carbonyl (C=O) groups is 1. The fourth-order valence-corrected chi connectivity index (χ4v) is 2.43. The maximum absolute atomic E-state index is 13.2. The van der Waals surface area contributed by atoms with Crippen LogP contribution in [-0.2, 0) is 11.2 Å². The first kappa shape index (κ1) is 11.8. The minimum Gasteiger partial charge on any atom is -0.298 e. The van der Waals surface area contributed by atoms with Crippen LogP contribution in [0, 0.1) is 29.5 Å². The minimum absolute atomic E-state index is 0.00339. The van der Waals surface area contributed by atoms with E-state index >= 15 is 0 Å². The molecule has 0 N–H and O–H groups in total. The summed E-state index contributed by atoms with van der Waals surface area (Å²) in [7, 11) is 0. The Morgan fingerprint density at radius 2 is 2.29 bits per heavy atom. The number of rotatable bonds is 2. The van der Waals surface area contributed by atoms with E-state index < -0.39 is 5.41 Å². The Labute approximate surface area is 100 Å². The van der Waals surface area contributed by atoms with Gasteiger partial charge in [-0.1, -0.05) is 6.07 Å². The van der Waals surface area contributed by atoms with Gasteiger partial charge in [-0.25, -0.2) is 4.39 Å². The summed E-state index contributed by atoms with van der Waals surface area (Å²) >= 11 is 0. The van der Waals surface area contributed by atoms with E-state index in [0.29, 0.717) is 19.3 Å². The van der Waals surface area contributed by atoms with Gasteiger partial charge in [0.25, 0.3) is 0 Å². The molecule has 1 aliphatic rings. The van der Waals surface area contributed by atoms with Crippen molar-refractivity contribution in [1.82, 2.24) is 0 Å². The number of hydrogen-bond donors (Lipinski definition) is 0. The quantitative estimate of drug-likeness (QED) is 0.785. The molecular weight excluding hydrogens is 217 g/mol. The van der Waals surface area contributed by atoms with Crippen molar-refractivity contribution in [2.24, 2.45) is 5.41 Å². The smallest absolute Gasteiger partial charge is 0.153 e. The third-order valence-electron chi connectivity index (χ3n) is 3.56. The first-order valence-electron chi connectivity index (χ1n) is 5.77. The standard InChI is InChI=1S/C14H14FNO/c1-10-4-5-12(15)7-11(10)8-14(9-16)6-2-3-13(14)17/h4-5,7H,2-3,6,8H2,1H3. The van der Waals surface area contributed by atoms with Crippen molar-refractivity contribution in [3.63, 3.8) is 0 Å². The SMILES string of the molecule is Cc1ccc(F)cc1CC1(C#N)CCCC1=O. The van der Waals surface area contributed by atoms with Crippen molar-refractivity contribution in [3.05, 3.63) is 35.1 Å². The number of Topliss-reactive ketones (excluding diaryl/α,β-unsaturated/α-hetero) is 1. The number of hydrogen-bond acceptors (Lipinski definition) is 2. The Morgan fingerprint density at radius 3 is 2.88 bits per heavy atom. The van der Waals surface area contributed by atoms with E-state index in [1.165, 1.54) is 12.1 Å². The van der Waals surface area contributed by atoms with E-state index in [-0.39, 0.29) is 11.6 Å². The second kappa shape index (κ2) is 4.29. The molecule has 1 saturated carbocycles. The van der Waals surface area contributed by atoms with Crippen LogP contribution in [0.4, 0.5) is 4.39 Å². The molecule has 1 aromatic rings. The van der Waals surface area contributed by atoms with E-state index in [1.54, 1.807) is 6.07 Å². The molecule has 0 spiro atoms. The molecule has 1 aliphatic carbocycles. The first-order chi connectivity index (χ1) is 8.07. The number of nitrogens with zero attached hydrogens (tertiary/aromatic N) is 1. The molecular formula is C14H14FNO. The number of carbonyl (C=O) groups excluding carboxylic acids is 1. The molecule has 1 unspecified atom stereocenters. The van der Waals surface area contributed by atoms with Crippen LogP contribution in [0.25, 0.3) is 0 Å². The van der Waals surface area contributed by atoms with Gasteiger partial charge in [0.1, 0.15) is 11.2 Å². The van der Waals surface area contributed by atoms with E-state index in [4.69, 9.17) is 0 Å². The maximum atomic E-state index is 13.2. The van der Waals surface area contributed by atoms with Crippen LogP contribution in [0.2, 0.25) is 0 Å². The predicted molar refractivity (Wildman–Crippen MR) is 61.7 cm³/mol. The summed E-state index contributed by atoms with van der Waals surface area (Å²) in [5, 5.41) is 9.24. The van der Waals surface area contributed by atoms with Gasteiger partial charge >= 0.3 is 0 Å². The average Bonchev–Trinajstić information content (AvgIpc) is 2.66. The lowest BCUT2D eigenvalue weighted by atomic mass is 9.80. The summed E-state index contributed by atoms with van der Waals surface area (Å²) in [4.78, 5) is 11.8. The Hall–Kier alpha value is -1.69. The summed E-state index contributed by atoms with van der Waals surface area (Å²) < 4.78 is 13.2. The summed E-state index contributed by atoms with van der Waals surface area (Å²) in [5.41, 5.74) is 0.779. The second-order valence-corrected chi connectivity index (χ2v) is 4.72. The van der Waals surface area contributed by atoms with Gasteiger partial charge in [0, 0.05) is 6.42 Å². The third-order valence-corrected chi connectivity index (χ3v) is 3.56. The topological polar surface area (TPSA) is 40.9 Å². The Kier molecular flexibility index (Phi) is 2.97. The highest BCUT2D eigenvalue weighted by Gasteiger charge is 2.42. The molecule has 0 bridgehead atoms. The highest BCUT2D eigenvalue weighted by atomic mass is 19.1. The van der Waals surface area contributed by atoms with Gasteiger partial charge in [0.05, 0.1) is 6.07 Å². The second-order valence-electron chi connectivity index (χ2n) is 4.72. The van der Waals surface area contributed by atoms with Crippen LogP contribution >= 0.6 is 0 Å². The molecule has 0 saturated heterocycles. The van der Waals surface area contributed by atoms with E-state index in [9.17, 15) is 14.4 Å². The molecule has 1 aromatic carbocycles. The Morgan fingerprint density at radius 1 is 1.53 bits per heavy atom. The fraction of sp³-hybridized carbons (Fsp3) is 0.429. The molecule has 17 heavy (non-hydrogen) atoms. The molecule has 0 aliphatic heterocycles. The molecule has 0 aromatic heterocycles. The van der Waals surface area contributed by atoms with Crippen LogP contribution in [0.15, 0.2) is 18.2 Å². The van der Waals surface area contributed by atoms with Crippen molar-refractivity contribution >= 4 is 5.78 Å². The molecule has 1 atom stereocenters. The highest BCUT2D eigenvalue weighted by molar-refractivity contribution is 5.89. The zero-order chi connectivity index (χ0) is 12.5. The van der Waals surface area contributed by atoms with E-state index in [2.05, 4.69) is 6.07 Å². The fourth-order valence-electron chi connectivity index (χ4n) is 2.43. The molecule has 0 radical (unpaired) electrons. The molecule has 2 nitrogen and oxygen atoms in total. The van der Waals surface area contributed by atoms with Crippen LogP contribution in [-0.4, -0.2) is 5.78 Å². The molecule has 0 heterocycles. The van der Waals surface area contributed by atoms with Gasteiger partial charge in [0.2, 0.25) is 0 Å². The van der Waals surface area contributed by atoms with E-state index in [1.807, 2.05) is 6.92 Å². The van der Waals surface area contributed by atoms with Gasteiger partial charge < -0.3 is 0 Å². The van der Waals surface area contributed by atoms with Crippen molar-refractivity contribution in [2.45, 2.75) is 32.6 Å². The lowest BCUT2D eigenvalue weighted by Gasteiger charge is -2.19. The van der Waals surface area contributed by atoms with Crippen molar-refractivity contribution in [2.75, 3.05) is 0 Å². The molecule has 1 fully saturated rings. The number of halogens is 1. The number of nitriles is 1. The predicted octanol–water partition coefficient (Wildman–Crippen LogP) is 2.94. The minimum atomic E-state index is -0.918. The zero-order valence-electron chi connectivity index (χ0n) is 9.79. The van der Waals surface area contributed by atoms with Crippen molar-refractivity contribution in [1.29, 1.82) is 5.26 Å². The summed E-state index contributed by atoms with van der Waals surface area (Å²) in [6, 6.07) is 6.67. The monoisotopic (exact) mass is 231 g/mol. The van der Waals surface area contributed by atoms with E-state index in [0.717, 1.165) is 17.5 Å². The molecule has 88 valence electrons. The Bertz CT molecular complexity index is 503. The molecule has 3 heteroatoms. The zero-order valence-corrected chi connectivity index (χ0v) is 9.79. The maximum Gasteiger partial charge on any atom is 0.153 e. The van der Waals surface area contributed by atoms with Gasteiger partial charge in [0.15, 0.2) is 5.78 Å². The lowest BCUT2D eigenvalue weighted by molar-refractivity contribution is -0.123. The summed E-state index contributed by atoms with van der Waals surface area (Å²) in [5.74, 6) is -0.312. The number of ketones is 1. The van der Waals surface area contributed by atoms with Crippen molar-refractivity contribution in [3.8, 4) is 6.07 Å². The first-order valence-corrected chi connectivity index (χ1v) is 5.77. The van der Waals surface area contributed by atoms with Crippen LogP contribution in [0.3, 0.4) is 0 Å². The molecule has 2 rings (SSSR count). The van der Waals surface area contributed by atoms with Crippen LogP contribution in [0.1, 0.15) is 30.4 Å².